The van der Waals surface area contributed by atoms with Gasteiger partial charge in [-0.05, 0) is 31.9 Å². The predicted molar refractivity (Wildman–Crippen MR) is 95.9 cm³/mol. The third-order valence-corrected chi connectivity index (χ3v) is 6.58. The summed E-state index contributed by atoms with van der Waals surface area (Å²) in [6.45, 7) is 2.39. The lowest BCUT2D eigenvalue weighted by molar-refractivity contribution is 0.0438. The molecule has 6 nitrogen and oxygen atoms in total. The molecule has 0 radical (unpaired) electrons. The van der Waals surface area contributed by atoms with E-state index in [2.05, 4.69) is 10.0 Å². The number of sulfonamides is 1. The number of benzene rings is 1. The molecule has 0 aromatic heterocycles. The van der Waals surface area contributed by atoms with E-state index in [-0.39, 0.29) is 17.5 Å². The number of ether oxygens (including phenoxy) is 1. The average molecular weight is 368 g/mol. The molecule has 1 aliphatic carbocycles. The monoisotopic (exact) mass is 368 g/mol. The molecule has 1 aliphatic heterocycles. The molecule has 2 aliphatic rings. The van der Waals surface area contributed by atoms with E-state index in [1.807, 2.05) is 6.92 Å². The van der Waals surface area contributed by atoms with Crippen LogP contribution in [0.2, 0.25) is 0 Å². The van der Waals surface area contributed by atoms with Gasteiger partial charge in [-0.25, -0.2) is 13.1 Å². The summed E-state index contributed by atoms with van der Waals surface area (Å²) >= 11 is 0. The van der Waals surface area contributed by atoms with Crippen molar-refractivity contribution in [2.45, 2.75) is 68.2 Å². The highest BCUT2D eigenvalue weighted by Gasteiger charge is 2.37. The molecule has 25 heavy (non-hydrogen) atoms. The zero-order chi connectivity index (χ0) is 17.9. The van der Waals surface area contributed by atoms with Crippen LogP contribution in [-0.2, 0) is 14.8 Å². The first-order valence-corrected chi connectivity index (χ1v) is 10.6. The number of hydrogen-bond acceptors (Lipinski definition) is 5. The minimum absolute atomic E-state index is 0.0697. The van der Waals surface area contributed by atoms with E-state index in [1.165, 1.54) is 19.3 Å². The van der Waals surface area contributed by atoms with Gasteiger partial charge in [0.1, 0.15) is 0 Å². The lowest BCUT2D eigenvalue weighted by Crippen LogP contribution is -2.48. The van der Waals surface area contributed by atoms with Gasteiger partial charge >= 0.3 is 0 Å². The summed E-state index contributed by atoms with van der Waals surface area (Å²) in [7, 11) is -3.59. The van der Waals surface area contributed by atoms with E-state index >= 15 is 0 Å². The van der Waals surface area contributed by atoms with Crippen molar-refractivity contribution >= 4 is 10.0 Å². The first kappa shape index (κ1) is 18.8. The molecule has 1 aromatic carbocycles. The highest BCUT2D eigenvalue weighted by atomic mass is 32.2. The lowest BCUT2D eigenvalue weighted by Gasteiger charge is -2.27. The predicted octanol–water partition coefficient (Wildman–Crippen LogP) is 1.32. The van der Waals surface area contributed by atoms with Crippen molar-refractivity contribution in [2.24, 2.45) is 0 Å². The fraction of sp³-hybridized carbons (Fsp3) is 0.667. The summed E-state index contributed by atoms with van der Waals surface area (Å²) in [5.41, 5.74) is 1.00. The van der Waals surface area contributed by atoms with Crippen LogP contribution in [0.5, 0.6) is 0 Å². The van der Waals surface area contributed by atoms with Crippen molar-refractivity contribution in [1.82, 2.24) is 10.0 Å². The van der Waals surface area contributed by atoms with Gasteiger partial charge in [0.05, 0.1) is 29.8 Å². The Kier molecular flexibility index (Phi) is 6.12. The Labute approximate surface area is 150 Å². The average Bonchev–Trinajstić information content (AvgIpc) is 2.95. The highest BCUT2D eigenvalue weighted by Crippen LogP contribution is 2.21. The summed E-state index contributed by atoms with van der Waals surface area (Å²) in [5.74, 6) is 0. The lowest BCUT2D eigenvalue weighted by atomic mass is 9.94. The Bertz CT molecular complexity index is 656. The second-order valence-electron chi connectivity index (χ2n) is 7.14. The molecule has 0 amide bonds. The SMILES string of the molecule is Cc1ccc(S(=O)(=O)NC[C@H]2OC[C@@H](NC3CCCCC3)[C@@H]2O)cc1. The largest absolute Gasteiger partial charge is 0.389 e. The second kappa shape index (κ2) is 8.14. The number of nitrogens with one attached hydrogen (secondary N) is 2. The number of aliphatic hydroxyl groups excluding tert-OH is 1. The molecule has 1 saturated heterocycles. The molecule has 1 aromatic rings. The van der Waals surface area contributed by atoms with Crippen LogP contribution in [0.25, 0.3) is 0 Å². The van der Waals surface area contributed by atoms with Gasteiger partial charge in [0.25, 0.3) is 0 Å². The van der Waals surface area contributed by atoms with Crippen molar-refractivity contribution in [3.05, 3.63) is 29.8 Å². The molecule has 2 fully saturated rings. The van der Waals surface area contributed by atoms with Gasteiger partial charge in [0.15, 0.2) is 0 Å². The normalized spacial score (nSPS) is 28.3. The van der Waals surface area contributed by atoms with Crippen molar-refractivity contribution in [3.8, 4) is 0 Å². The molecule has 0 unspecified atom stereocenters. The first-order valence-electron chi connectivity index (χ1n) is 9.08. The fourth-order valence-electron chi connectivity index (χ4n) is 3.57. The number of aryl methyl sites for hydroxylation is 1. The van der Waals surface area contributed by atoms with E-state index in [4.69, 9.17) is 4.74 Å². The highest BCUT2D eigenvalue weighted by molar-refractivity contribution is 7.89. The molecule has 7 heteroatoms. The van der Waals surface area contributed by atoms with Crippen molar-refractivity contribution in [1.29, 1.82) is 0 Å². The van der Waals surface area contributed by atoms with Crippen LogP contribution in [0.3, 0.4) is 0 Å². The molecule has 0 spiro atoms. The van der Waals surface area contributed by atoms with Gasteiger partial charge in [0, 0.05) is 12.6 Å². The minimum atomic E-state index is -3.59. The quantitative estimate of drug-likeness (QED) is 0.705. The van der Waals surface area contributed by atoms with Gasteiger partial charge in [-0.1, -0.05) is 37.0 Å². The number of aliphatic hydroxyl groups is 1. The number of rotatable bonds is 6. The second-order valence-corrected chi connectivity index (χ2v) is 8.90. The zero-order valence-electron chi connectivity index (χ0n) is 14.6. The van der Waals surface area contributed by atoms with Crippen LogP contribution in [0.1, 0.15) is 37.7 Å². The number of hydrogen-bond donors (Lipinski definition) is 3. The Morgan fingerprint density at radius 1 is 1.16 bits per heavy atom. The third-order valence-electron chi connectivity index (χ3n) is 5.14. The van der Waals surface area contributed by atoms with E-state index in [1.54, 1.807) is 24.3 Å². The zero-order valence-corrected chi connectivity index (χ0v) is 15.5. The molecule has 3 rings (SSSR count). The van der Waals surface area contributed by atoms with Crippen LogP contribution in [-0.4, -0.2) is 51.0 Å². The summed E-state index contributed by atoms with van der Waals surface area (Å²) in [5, 5.41) is 13.9. The van der Waals surface area contributed by atoms with Crippen molar-refractivity contribution in [2.75, 3.05) is 13.2 Å². The van der Waals surface area contributed by atoms with Gasteiger partial charge in [-0.15, -0.1) is 0 Å². The molecule has 1 heterocycles. The van der Waals surface area contributed by atoms with Crippen LogP contribution >= 0.6 is 0 Å². The topological polar surface area (TPSA) is 87.7 Å². The van der Waals surface area contributed by atoms with Crippen molar-refractivity contribution < 1.29 is 18.3 Å². The molecule has 3 N–H and O–H groups in total. The minimum Gasteiger partial charge on any atom is -0.389 e. The van der Waals surface area contributed by atoms with E-state index in [9.17, 15) is 13.5 Å². The van der Waals surface area contributed by atoms with Crippen molar-refractivity contribution in [3.63, 3.8) is 0 Å². The van der Waals surface area contributed by atoms with Gasteiger partial charge in [-0.2, -0.15) is 0 Å². The maximum absolute atomic E-state index is 12.3. The summed E-state index contributed by atoms with van der Waals surface area (Å²) in [4.78, 5) is 0.225. The van der Waals surface area contributed by atoms with Crippen LogP contribution < -0.4 is 10.0 Å². The van der Waals surface area contributed by atoms with E-state index in [0.29, 0.717) is 12.6 Å². The molecule has 3 atom stereocenters. The fourth-order valence-corrected chi connectivity index (χ4v) is 4.62. The summed E-state index contributed by atoms with van der Waals surface area (Å²) < 4.78 is 32.9. The molecular formula is C18H28N2O4S. The maximum atomic E-state index is 12.3. The summed E-state index contributed by atoms with van der Waals surface area (Å²) in [6, 6.07) is 6.99. The maximum Gasteiger partial charge on any atom is 0.240 e. The standard InChI is InChI=1S/C18H28N2O4S/c1-13-7-9-15(10-8-13)25(22,23)19-11-17-18(21)16(12-24-17)20-14-5-3-2-4-6-14/h7-10,14,16-21H,2-6,11-12H2,1H3/t16-,17-,18+/m1/s1. The Balaban J connectivity index is 1.52. The van der Waals surface area contributed by atoms with E-state index < -0.39 is 22.2 Å². The Morgan fingerprint density at radius 2 is 1.84 bits per heavy atom. The first-order chi connectivity index (χ1) is 12.0. The van der Waals surface area contributed by atoms with Crippen LogP contribution in [0, 0.1) is 6.92 Å². The van der Waals surface area contributed by atoms with E-state index in [0.717, 1.165) is 18.4 Å². The van der Waals surface area contributed by atoms with Gasteiger partial charge in [-0.3, -0.25) is 0 Å². The molecule has 140 valence electrons. The summed E-state index contributed by atoms with van der Waals surface area (Å²) in [6.07, 6.45) is 4.76. The van der Waals surface area contributed by atoms with Crippen LogP contribution in [0.15, 0.2) is 29.2 Å². The van der Waals surface area contributed by atoms with Gasteiger partial charge in [0.2, 0.25) is 10.0 Å². The molecule has 0 bridgehead atoms. The Hall–Kier alpha value is -0.990. The molecule has 1 saturated carbocycles. The third kappa shape index (κ3) is 4.80. The van der Waals surface area contributed by atoms with Crippen LogP contribution in [0.4, 0.5) is 0 Å². The Morgan fingerprint density at radius 3 is 2.52 bits per heavy atom. The smallest absolute Gasteiger partial charge is 0.240 e. The van der Waals surface area contributed by atoms with Gasteiger partial charge < -0.3 is 15.2 Å². The molecular weight excluding hydrogens is 340 g/mol.